The fourth-order valence-corrected chi connectivity index (χ4v) is 1.96. The normalized spacial score (nSPS) is 10.0. The number of rotatable bonds is 2. The Morgan fingerprint density at radius 2 is 2.17 bits per heavy atom. The van der Waals surface area contributed by atoms with Crippen LogP contribution in [0.25, 0.3) is 0 Å². The molecule has 1 aromatic rings. The van der Waals surface area contributed by atoms with Crippen molar-refractivity contribution in [2.45, 2.75) is 5.33 Å². The zero-order valence-electron chi connectivity index (χ0n) is 6.50. The van der Waals surface area contributed by atoms with Crippen LogP contribution in [0.15, 0.2) is 16.6 Å². The molecule has 0 amide bonds. The van der Waals surface area contributed by atoms with E-state index in [2.05, 4.69) is 37.2 Å². The Balaban J connectivity index is 3.24. The first kappa shape index (κ1) is 9.99. The Kier molecular flexibility index (Phi) is 3.53. The third kappa shape index (κ3) is 1.98. The van der Waals surface area contributed by atoms with E-state index in [-0.39, 0.29) is 5.82 Å². The topological polar surface area (TPSA) is 12.0 Å². The smallest absolute Gasteiger partial charge is 0.130 e. The quantitative estimate of drug-likeness (QED) is 0.824. The summed E-state index contributed by atoms with van der Waals surface area (Å²) in [6.45, 7) is 0. The second-order valence-corrected chi connectivity index (χ2v) is 3.77. The summed E-state index contributed by atoms with van der Waals surface area (Å²) in [6.07, 6.45) is 0. The van der Waals surface area contributed by atoms with E-state index in [0.29, 0.717) is 10.9 Å². The van der Waals surface area contributed by atoms with Crippen molar-refractivity contribution in [2.75, 3.05) is 12.4 Å². The van der Waals surface area contributed by atoms with E-state index >= 15 is 0 Å². The summed E-state index contributed by atoms with van der Waals surface area (Å²) in [5.74, 6) is -0.203. The highest BCUT2D eigenvalue weighted by molar-refractivity contribution is 9.10. The van der Waals surface area contributed by atoms with Gasteiger partial charge in [0.25, 0.3) is 0 Å². The van der Waals surface area contributed by atoms with Crippen LogP contribution in [0, 0.1) is 5.82 Å². The van der Waals surface area contributed by atoms with Crippen molar-refractivity contribution >= 4 is 37.5 Å². The molecule has 0 bridgehead atoms. The molecule has 1 nitrogen and oxygen atoms in total. The van der Waals surface area contributed by atoms with Gasteiger partial charge in [-0.05, 0) is 12.1 Å². The van der Waals surface area contributed by atoms with Gasteiger partial charge in [0.1, 0.15) is 5.82 Å². The molecule has 0 aliphatic carbocycles. The minimum Gasteiger partial charge on any atom is -0.388 e. The fourth-order valence-electron chi connectivity index (χ4n) is 0.962. The summed E-state index contributed by atoms with van der Waals surface area (Å²) in [7, 11) is 1.77. The van der Waals surface area contributed by atoms with Gasteiger partial charge in [0.15, 0.2) is 0 Å². The number of nitrogens with one attached hydrogen (secondary N) is 1. The highest BCUT2D eigenvalue weighted by Gasteiger charge is 2.07. The molecule has 0 saturated carbocycles. The van der Waals surface area contributed by atoms with E-state index in [9.17, 15) is 4.39 Å². The third-order valence-corrected chi connectivity index (χ3v) is 2.58. The van der Waals surface area contributed by atoms with Crippen LogP contribution < -0.4 is 5.32 Å². The lowest BCUT2D eigenvalue weighted by Gasteiger charge is -2.07. The van der Waals surface area contributed by atoms with Crippen molar-refractivity contribution in [3.05, 3.63) is 28.0 Å². The van der Waals surface area contributed by atoms with Crippen molar-refractivity contribution in [1.29, 1.82) is 0 Å². The molecule has 1 N–H and O–H groups in total. The van der Waals surface area contributed by atoms with Gasteiger partial charge in [-0.15, -0.1) is 0 Å². The van der Waals surface area contributed by atoms with Crippen LogP contribution in [-0.4, -0.2) is 7.05 Å². The molecule has 0 atom stereocenters. The molecule has 1 aromatic carbocycles. The largest absolute Gasteiger partial charge is 0.388 e. The van der Waals surface area contributed by atoms with Crippen LogP contribution >= 0.6 is 31.9 Å². The van der Waals surface area contributed by atoms with Gasteiger partial charge in [0, 0.05) is 28.1 Å². The van der Waals surface area contributed by atoms with Gasteiger partial charge in [0.2, 0.25) is 0 Å². The summed E-state index contributed by atoms with van der Waals surface area (Å²) < 4.78 is 13.9. The lowest BCUT2D eigenvalue weighted by molar-refractivity contribution is 0.617. The molecule has 0 fully saturated rings. The molecule has 0 heterocycles. The van der Waals surface area contributed by atoms with Crippen LogP contribution in [0.2, 0.25) is 0 Å². The molecule has 12 heavy (non-hydrogen) atoms. The maximum atomic E-state index is 13.2. The third-order valence-electron chi connectivity index (χ3n) is 1.56. The van der Waals surface area contributed by atoms with Gasteiger partial charge in [-0.1, -0.05) is 31.9 Å². The van der Waals surface area contributed by atoms with Crippen molar-refractivity contribution in [3.63, 3.8) is 0 Å². The predicted molar refractivity (Wildman–Crippen MR) is 56.3 cm³/mol. The molecule has 0 aromatic heterocycles. The maximum absolute atomic E-state index is 13.2. The Labute approximate surface area is 87.6 Å². The molecular weight excluding hydrogens is 289 g/mol. The summed E-state index contributed by atoms with van der Waals surface area (Å²) in [5, 5.41) is 3.44. The van der Waals surface area contributed by atoms with Crippen molar-refractivity contribution in [2.24, 2.45) is 0 Å². The number of anilines is 1. The van der Waals surface area contributed by atoms with Gasteiger partial charge < -0.3 is 5.32 Å². The first-order valence-electron chi connectivity index (χ1n) is 3.40. The average molecular weight is 297 g/mol. The Morgan fingerprint density at radius 3 is 2.67 bits per heavy atom. The minimum absolute atomic E-state index is 0.203. The molecule has 0 aliphatic heterocycles. The lowest BCUT2D eigenvalue weighted by Crippen LogP contribution is -1.96. The number of hydrogen-bond acceptors (Lipinski definition) is 1. The molecule has 0 aliphatic rings. The van der Waals surface area contributed by atoms with Crippen molar-refractivity contribution in [1.82, 2.24) is 0 Å². The Hall–Kier alpha value is -0.0900. The Bertz CT molecular complexity index is 289. The number of benzene rings is 1. The average Bonchev–Trinajstić information content (AvgIpc) is 2.03. The van der Waals surface area contributed by atoms with E-state index in [1.807, 2.05) is 6.07 Å². The van der Waals surface area contributed by atoms with E-state index < -0.39 is 0 Å². The van der Waals surface area contributed by atoms with Gasteiger partial charge in [-0.25, -0.2) is 4.39 Å². The van der Waals surface area contributed by atoms with E-state index in [1.54, 1.807) is 7.05 Å². The minimum atomic E-state index is -0.203. The summed E-state index contributed by atoms with van der Waals surface area (Å²) in [4.78, 5) is 0. The van der Waals surface area contributed by atoms with Crippen molar-refractivity contribution < 1.29 is 4.39 Å². The molecule has 1 rings (SSSR count). The van der Waals surface area contributed by atoms with Gasteiger partial charge in [0.05, 0.1) is 0 Å². The predicted octanol–water partition coefficient (Wildman–Crippen LogP) is 3.52. The van der Waals surface area contributed by atoms with Gasteiger partial charge >= 0.3 is 0 Å². The van der Waals surface area contributed by atoms with Crippen LogP contribution in [0.3, 0.4) is 0 Å². The second-order valence-electron chi connectivity index (χ2n) is 2.30. The molecule has 0 radical (unpaired) electrons. The van der Waals surface area contributed by atoms with Crippen LogP contribution in [0.1, 0.15) is 5.56 Å². The van der Waals surface area contributed by atoms with Gasteiger partial charge in [-0.2, -0.15) is 0 Å². The first-order valence-corrected chi connectivity index (χ1v) is 5.32. The van der Waals surface area contributed by atoms with E-state index in [0.717, 1.165) is 10.2 Å². The lowest BCUT2D eigenvalue weighted by atomic mass is 10.2. The zero-order chi connectivity index (χ0) is 9.14. The molecule has 0 saturated heterocycles. The van der Waals surface area contributed by atoms with E-state index in [1.165, 1.54) is 6.07 Å². The molecule has 0 unspecified atom stereocenters. The van der Waals surface area contributed by atoms with Crippen LogP contribution in [0.4, 0.5) is 10.1 Å². The zero-order valence-corrected chi connectivity index (χ0v) is 9.67. The standard InChI is InChI=1S/C8H8Br2FN/c1-12-8-3-5(10)2-7(11)6(8)4-9/h2-3,12H,4H2,1H3. The maximum Gasteiger partial charge on any atom is 0.130 e. The first-order chi connectivity index (χ1) is 5.69. The number of alkyl halides is 1. The Morgan fingerprint density at radius 1 is 1.50 bits per heavy atom. The molecule has 4 heteroatoms. The molecule has 66 valence electrons. The van der Waals surface area contributed by atoms with E-state index in [4.69, 9.17) is 0 Å². The second kappa shape index (κ2) is 4.23. The summed E-state index contributed by atoms with van der Waals surface area (Å²) in [6, 6.07) is 3.30. The fraction of sp³-hybridized carbons (Fsp3) is 0.250. The highest BCUT2D eigenvalue weighted by atomic mass is 79.9. The van der Waals surface area contributed by atoms with Crippen LogP contribution in [-0.2, 0) is 5.33 Å². The number of halogens is 3. The van der Waals surface area contributed by atoms with Crippen molar-refractivity contribution in [3.8, 4) is 0 Å². The summed E-state index contributed by atoms with van der Waals surface area (Å²) >= 11 is 6.45. The SMILES string of the molecule is CNc1cc(Br)cc(F)c1CBr. The number of hydrogen-bond donors (Lipinski definition) is 1. The van der Waals surface area contributed by atoms with Crippen LogP contribution in [0.5, 0.6) is 0 Å². The molecular formula is C8H8Br2FN. The summed E-state index contributed by atoms with van der Waals surface area (Å²) in [5.41, 5.74) is 1.46. The molecule has 0 spiro atoms. The van der Waals surface area contributed by atoms with Gasteiger partial charge in [-0.3, -0.25) is 0 Å². The highest BCUT2D eigenvalue weighted by Crippen LogP contribution is 2.26. The monoisotopic (exact) mass is 295 g/mol.